The Morgan fingerprint density at radius 3 is 2.71 bits per heavy atom. The molecule has 1 aromatic rings. The second-order valence-electron chi connectivity index (χ2n) is 4.35. The Morgan fingerprint density at radius 2 is 2.12 bits per heavy atom. The van der Waals surface area contributed by atoms with Gasteiger partial charge in [0.05, 0.1) is 5.60 Å². The van der Waals surface area contributed by atoms with Gasteiger partial charge in [0.25, 0.3) is 0 Å². The summed E-state index contributed by atoms with van der Waals surface area (Å²) in [4.78, 5) is 0. The molecule has 1 rings (SSSR count). The van der Waals surface area contributed by atoms with Crippen molar-refractivity contribution < 1.29 is 14.2 Å². The van der Waals surface area contributed by atoms with Gasteiger partial charge in [0.2, 0.25) is 0 Å². The average molecular weight is 241 g/mol. The van der Waals surface area contributed by atoms with E-state index in [1.807, 2.05) is 6.92 Å². The third kappa shape index (κ3) is 4.42. The fourth-order valence-electron chi connectivity index (χ4n) is 1.61. The second-order valence-corrected chi connectivity index (χ2v) is 4.35. The van der Waals surface area contributed by atoms with Gasteiger partial charge < -0.3 is 15.6 Å². The van der Waals surface area contributed by atoms with E-state index in [0.717, 1.165) is 0 Å². The number of aliphatic hydroxyl groups excluding tert-OH is 1. The number of rotatable bonds is 7. The number of ether oxygens (including phenoxy) is 1. The van der Waals surface area contributed by atoms with Gasteiger partial charge >= 0.3 is 0 Å². The summed E-state index contributed by atoms with van der Waals surface area (Å²) in [5.41, 5.74) is 5.69. The van der Waals surface area contributed by atoms with Crippen molar-refractivity contribution in [3.05, 3.63) is 35.6 Å². The van der Waals surface area contributed by atoms with E-state index in [0.29, 0.717) is 31.6 Å². The largest absolute Gasteiger partial charge is 0.396 e. The monoisotopic (exact) mass is 241 g/mol. The van der Waals surface area contributed by atoms with E-state index in [9.17, 15) is 4.39 Å². The Bertz CT molecular complexity index is 346. The first-order valence-electron chi connectivity index (χ1n) is 5.79. The van der Waals surface area contributed by atoms with Crippen LogP contribution in [0.5, 0.6) is 0 Å². The maximum Gasteiger partial charge on any atom is 0.126 e. The van der Waals surface area contributed by atoms with Crippen molar-refractivity contribution in [3.8, 4) is 0 Å². The summed E-state index contributed by atoms with van der Waals surface area (Å²) in [6, 6.07) is 6.62. The lowest BCUT2D eigenvalue weighted by molar-refractivity contribution is -0.0297. The van der Waals surface area contributed by atoms with Crippen molar-refractivity contribution in [1.29, 1.82) is 0 Å². The molecule has 4 heteroatoms. The molecular formula is C13H20FNO2. The number of hydrogen-bond acceptors (Lipinski definition) is 3. The van der Waals surface area contributed by atoms with Crippen molar-refractivity contribution >= 4 is 0 Å². The Balaban J connectivity index is 2.65. The first kappa shape index (κ1) is 14.1. The van der Waals surface area contributed by atoms with Crippen LogP contribution in [-0.4, -0.2) is 30.5 Å². The van der Waals surface area contributed by atoms with Crippen molar-refractivity contribution in [2.45, 2.75) is 25.4 Å². The van der Waals surface area contributed by atoms with Crippen molar-refractivity contribution in [2.24, 2.45) is 5.73 Å². The molecular weight excluding hydrogens is 221 g/mol. The standard InChI is InChI=1S/C13H20FNO2/c1-13(10-15,17-8-4-7-16)9-11-5-2-3-6-12(11)14/h2-3,5-6,16H,4,7-10,15H2,1H3. The fourth-order valence-corrected chi connectivity index (χ4v) is 1.61. The van der Waals surface area contributed by atoms with Crippen LogP contribution in [0.25, 0.3) is 0 Å². The summed E-state index contributed by atoms with van der Waals surface area (Å²) < 4.78 is 19.1. The van der Waals surface area contributed by atoms with Gasteiger partial charge in [-0.1, -0.05) is 18.2 Å². The highest BCUT2D eigenvalue weighted by Gasteiger charge is 2.24. The van der Waals surface area contributed by atoms with Gasteiger partial charge in [-0.2, -0.15) is 0 Å². The maximum atomic E-state index is 13.5. The summed E-state index contributed by atoms with van der Waals surface area (Å²) in [6.45, 7) is 2.68. The lowest BCUT2D eigenvalue weighted by atomic mass is 9.96. The van der Waals surface area contributed by atoms with Crippen LogP contribution in [0.4, 0.5) is 4.39 Å². The van der Waals surface area contributed by atoms with Gasteiger partial charge in [-0.25, -0.2) is 4.39 Å². The molecule has 3 N–H and O–H groups in total. The summed E-state index contributed by atoms with van der Waals surface area (Å²) in [5.74, 6) is -0.238. The van der Waals surface area contributed by atoms with Gasteiger partial charge in [-0.05, 0) is 25.0 Å². The van der Waals surface area contributed by atoms with E-state index >= 15 is 0 Å². The number of benzene rings is 1. The lowest BCUT2D eigenvalue weighted by Gasteiger charge is -2.28. The highest BCUT2D eigenvalue weighted by atomic mass is 19.1. The van der Waals surface area contributed by atoms with Gasteiger partial charge in [-0.15, -0.1) is 0 Å². The number of nitrogens with two attached hydrogens (primary N) is 1. The van der Waals surface area contributed by atoms with Gasteiger partial charge in [0.1, 0.15) is 5.82 Å². The van der Waals surface area contributed by atoms with Crippen LogP contribution in [0.2, 0.25) is 0 Å². The molecule has 0 aromatic heterocycles. The summed E-state index contributed by atoms with van der Waals surface area (Å²) >= 11 is 0. The molecule has 0 aliphatic heterocycles. The molecule has 0 spiro atoms. The lowest BCUT2D eigenvalue weighted by Crippen LogP contribution is -2.40. The highest BCUT2D eigenvalue weighted by Crippen LogP contribution is 2.19. The van der Waals surface area contributed by atoms with Crippen molar-refractivity contribution in [2.75, 3.05) is 19.8 Å². The minimum atomic E-state index is -0.586. The molecule has 96 valence electrons. The first-order valence-corrected chi connectivity index (χ1v) is 5.79. The molecule has 0 saturated carbocycles. The molecule has 0 aliphatic carbocycles. The zero-order valence-electron chi connectivity index (χ0n) is 10.2. The van der Waals surface area contributed by atoms with E-state index in [-0.39, 0.29) is 12.4 Å². The summed E-state index contributed by atoms with van der Waals surface area (Å²) in [7, 11) is 0. The normalized spacial score (nSPS) is 14.6. The van der Waals surface area contributed by atoms with Gasteiger partial charge in [-0.3, -0.25) is 0 Å². The smallest absolute Gasteiger partial charge is 0.126 e. The van der Waals surface area contributed by atoms with E-state index < -0.39 is 5.60 Å². The molecule has 0 aliphatic rings. The van der Waals surface area contributed by atoms with E-state index in [1.54, 1.807) is 18.2 Å². The summed E-state index contributed by atoms with van der Waals surface area (Å²) in [5, 5.41) is 8.70. The Hall–Kier alpha value is -0.970. The molecule has 0 heterocycles. The topological polar surface area (TPSA) is 55.5 Å². The number of hydrogen-bond donors (Lipinski definition) is 2. The molecule has 0 radical (unpaired) electrons. The molecule has 1 atom stereocenters. The van der Waals surface area contributed by atoms with Crippen LogP contribution >= 0.6 is 0 Å². The van der Waals surface area contributed by atoms with Crippen LogP contribution < -0.4 is 5.73 Å². The third-order valence-electron chi connectivity index (χ3n) is 2.71. The molecule has 3 nitrogen and oxygen atoms in total. The molecule has 0 bridgehead atoms. The van der Waals surface area contributed by atoms with E-state index in [2.05, 4.69) is 0 Å². The van der Waals surface area contributed by atoms with Crippen molar-refractivity contribution in [3.63, 3.8) is 0 Å². The zero-order valence-corrected chi connectivity index (χ0v) is 10.2. The molecule has 1 aromatic carbocycles. The van der Waals surface area contributed by atoms with Crippen LogP contribution in [0.15, 0.2) is 24.3 Å². The predicted octanol–water partition coefficient (Wildman–Crippen LogP) is 1.48. The predicted molar refractivity (Wildman–Crippen MR) is 65.2 cm³/mol. The Kier molecular flexibility index (Phi) is 5.55. The van der Waals surface area contributed by atoms with E-state index in [1.165, 1.54) is 6.07 Å². The van der Waals surface area contributed by atoms with E-state index in [4.69, 9.17) is 15.6 Å². The fraction of sp³-hybridized carbons (Fsp3) is 0.538. The number of aliphatic hydroxyl groups is 1. The van der Waals surface area contributed by atoms with Gasteiger partial charge in [0, 0.05) is 26.2 Å². The first-order chi connectivity index (χ1) is 8.11. The SMILES string of the molecule is CC(CN)(Cc1ccccc1F)OCCCO. The van der Waals surface area contributed by atoms with Crippen molar-refractivity contribution in [1.82, 2.24) is 0 Å². The van der Waals surface area contributed by atoms with Crippen LogP contribution in [0.3, 0.4) is 0 Å². The Morgan fingerprint density at radius 1 is 1.41 bits per heavy atom. The number of halogens is 1. The minimum Gasteiger partial charge on any atom is -0.396 e. The van der Waals surface area contributed by atoms with Crippen LogP contribution in [0, 0.1) is 5.82 Å². The molecule has 0 fully saturated rings. The average Bonchev–Trinajstić information content (AvgIpc) is 2.33. The third-order valence-corrected chi connectivity index (χ3v) is 2.71. The second kappa shape index (κ2) is 6.69. The summed E-state index contributed by atoms with van der Waals surface area (Å²) in [6.07, 6.45) is 0.995. The van der Waals surface area contributed by atoms with Gasteiger partial charge in [0.15, 0.2) is 0 Å². The zero-order chi connectivity index (χ0) is 12.7. The highest BCUT2D eigenvalue weighted by molar-refractivity contribution is 5.19. The van der Waals surface area contributed by atoms with Crippen LogP contribution in [0.1, 0.15) is 18.9 Å². The molecule has 0 amide bonds. The molecule has 17 heavy (non-hydrogen) atoms. The molecule has 1 unspecified atom stereocenters. The molecule has 0 saturated heterocycles. The van der Waals surface area contributed by atoms with Crippen LogP contribution in [-0.2, 0) is 11.2 Å². The Labute approximate surface area is 101 Å². The maximum absolute atomic E-state index is 13.5. The quantitative estimate of drug-likeness (QED) is 0.711. The minimum absolute atomic E-state index is 0.0837.